The molecule has 1 aromatic carbocycles. The van der Waals surface area contributed by atoms with Crippen molar-refractivity contribution in [2.75, 3.05) is 0 Å². The van der Waals surface area contributed by atoms with E-state index in [1.54, 1.807) is 0 Å². The van der Waals surface area contributed by atoms with Crippen LogP contribution < -0.4 is 21.7 Å². The molecule has 1 fully saturated rings. The first kappa shape index (κ1) is 11.4. The van der Waals surface area contributed by atoms with Gasteiger partial charge in [0.25, 0.3) is 0 Å². The monoisotopic (exact) mass is 234 g/mol. The van der Waals surface area contributed by atoms with Gasteiger partial charge in [-0.15, -0.1) is 0 Å². The maximum atomic E-state index is 11.5. The first-order valence-electron chi connectivity index (χ1n) is 5.31. The molecule has 0 spiro atoms. The number of hydrogen-bond donors (Lipinski definition) is 4. The third-order valence-corrected chi connectivity index (χ3v) is 2.55. The molecule has 1 aliphatic rings. The molecule has 1 aliphatic heterocycles. The Kier molecular flexibility index (Phi) is 3.24. The number of nitrogens with one attached hydrogen (secondary N) is 3. The van der Waals surface area contributed by atoms with Gasteiger partial charge in [0.1, 0.15) is 0 Å². The molecule has 2 atom stereocenters. The Hall–Kier alpha value is -2.08. The Labute approximate surface area is 98.6 Å². The highest BCUT2D eigenvalue weighted by atomic mass is 16.2. The summed E-state index contributed by atoms with van der Waals surface area (Å²) in [6, 6.07) is 8.76. The summed E-state index contributed by atoms with van der Waals surface area (Å²) >= 11 is 0. The highest BCUT2D eigenvalue weighted by Gasteiger charge is 2.26. The molecule has 5 N–H and O–H groups in total. The second-order valence-corrected chi connectivity index (χ2v) is 3.84. The second-order valence-electron chi connectivity index (χ2n) is 3.84. The van der Waals surface area contributed by atoms with Crippen molar-refractivity contribution in [1.82, 2.24) is 16.0 Å². The SMILES string of the molecule is NC(=O)NC1NC(=O)CC(c2ccccc2)N1. The van der Waals surface area contributed by atoms with Gasteiger partial charge in [-0.2, -0.15) is 0 Å². The topological polar surface area (TPSA) is 96.2 Å². The molecule has 3 amide bonds. The van der Waals surface area contributed by atoms with Crippen molar-refractivity contribution in [2.45, 2.75) is 18.8 Å². The van der Waals surface area contributed by atoms with Gasteiger partial charge in [0.2, 0.25) is 5.91 Å². The molecule has 2 unspecified atom stereocenters. The quantitative estimate of drug-likeness (QED) is 0.570. The summed E-state index contributed by atoms with van der Waals surface area (Å²) in [5.41, 5.74) is 6.01. The van der Waals surface area contributed by atoms with Crippen LogP contribution in [0.5, 0.6) is 0 Å². The Morgan fingerprint density at radius 3 is 2.71 bits per heavy atom. The van der Waals surface area contributed by atoms with Crippen LogP contribution in [-0.4, -0.2) is 18.2 Å². The molecular formula is C11H14N4O2. The number of nitrogens with two attached hydrogens (primary N) is 1. The minimum Gasteiger partial charge on any atom is -0.352 e. The molecule has 6 heteroatoms. The summed E-state index contributed by atoms with van der Waals surface area (Å²) in [5, 5.41) is 8.08. The maximum absolute atomic E-state index is 11.5. The minimum atomic E-state index is -0.684. The van der Waals surface area contributed by atoms with E-state index >= 15 is 0 Å². The van der Waals surface area contributed by atoms with Crippen LogP contribution in [0, 0.1) is 0 Å². The van der Waals surface area contributed by atoms with E-state index in [9.17, 15) is 9.59 Å². The first-order chi connectivity index (χ1) is 8.15. The van der Waals surface area contributed by atoms with Gasteiger partial charge in [0, 0.05) is 12.5 Å². The van der Waals surface area contributed by atoms with E-state index in [4.69, 9.17) is 5.73 Å². The van der Waals surface area contributed by atoms with Crippen LogP contribution in [0.1, 0.15) is 18.0 Å². The van der Waals surface area contributed by atoms with Crippen molar-refractivity contribution in [1.29, 1.82) is 0 Å². The molecule has 2 rings (SSSR count). The molecule has 1 heterocycles. The van der Waals surface area contributed by atoms with Gasteiger partial charge in [-0.3, -0.25) is 10.1 Å². The summed E-state index contributed by atoms with van der Waals surface area (Å²) in [6.07, 6.45) is -0.292. The number of amides is 3. The molecule has 0 saturated carbocycles. The second kappa shape index (κ2) is 4.84. The van der Waals surface area contributed by atoms with E-state index in [2.05, 4.69) is 16.0 Å². The fourth-order valence-corrected chi connectivity index (χ4v) is 1.83. The molecule has 0 bridgehead atoms. The third-order valence-electron chi connectivity index (χ3n) is 2.55. The lowest BCUT2D eigenvalue weighted by atomic mass is 10.0. The molecule has 6 nitrogen and oxygen atoms in total. The fourth-order valence-electron chi connectivity index (χ4n) is 1.83. The number of carbonyl (C=O) groups is 2. The van der Waals surface area contributed by atoms with Crippen LogP contribution in [0.15, 0.2) is 30.3 Å². The van der Waals surface area contributed by atoms with Gasteiger partial charge < -0.3 is 16.4 Å². The van der Waals surface area contributed by atoms with E-state index in [-0.39, 0.29) is 11.9 Å². The Morgan fingerprint density at radius 2 is 2.06 bits per heavy atom. The van der Waals surface area contributed by atoms with Crippen molar-refractivity contribution >= 4 is 11.9 Å². The van der Waals surface area contributed by atoms with Crippen molar-refractivity contribution in [3.63, 3.8) is 0 Å². The van der Waals surface area contributed by atoms with E-state index in [0.29, 0.717) is 6.42 Å². The van der Waals surface area contributed by atoms with Gasteiger partial charge in [0.05, 0.1) is 0 Å². The Morgan fingerprint density at radius 1 is 1.35 bits per heavy atom. The van der Waals surface area contributed by atoms with E-state index in [0.717, 1.165) is 5.56 Å². The molecule has 0 aromatic heterocycles. The Balaban J connectivity index is 2.09. The number of hydrogen-bond acceptors (Lipinski definition) is 3. The van der Waals surface area contributed by atoms with Gasteiger partial charge in [-0.05, 0) is 5.56 Å². The summed E-state index contributed by atoms with van der Waals surface area (Å²) in [7, 11) is 0. The number of urea groups is 1. The van der Waals surface area contributed by atoms with E-state index in [1.807, 2.05) is 30.3 Å². The molecule has 17 heavy (non-hydrogen) atoms. The largest absolute Gasteiger partial charge is 0.352 e. The average Bonchev–Trinajstić information content (AvgIpc) is 2.28. The van der Waals surface area contributed by atoms with Crippen LogP contribution in [0.25, 0.3) is 0 Å². The van der Waals surface area contributed by atoms with Crippen LogP contribution in [0.3, 0.4) is 0 Å². The van der Waals surface area contributed by atoms with Crippen molar-refractivity contribution in [3.8, 4) is 0 Å². The maximum Gasteiger partial charge on any atom is 0.314 e. The predicted molar refractivity (Wildman–Crippen MR) is 61.6 cm³/mol. The zero-order chi connectivity index (χ0) is 12.3. The van der Waals surface area contributed by atoms with Crippen molar-refractivity contribution in [2.24, 2.45) is 5.73 Å². The van der Waals surface area contributed by atoms with E-state index < -0.39 is 12.3 Å². The number of rotatable bonds is 2. The molecule has 90 valence electrons. The number of carbonyl (C=O) groups excluding carboxylic acids is 2. The minimum absolute atomic E-state index is 0.123. The highest BCUT2D eigenvalue weighted by molar-refractivity contribution is 5.79. The number of benzene rings is 1. The van der Waals surface area contributed by atoms with Gasteiger partial charge in [0.15, 0.2) is 6.29 Å². The molecule has 1 aromatic rings. The Bertz CT molecular complexity index is 419. The normalized spacial score (nSPS) is 23.9. The molecule has 0 radical (unpaired) electrons. The smallest absolute Gasteiger partial charge is 0.314 e. The van der Waals surface area contributed by atoms with Crippen LogP contribution in [-0.2, 0) is 4.79 Å². The molecular weight excluding hydrogens is 220 g/mol. The van der Waals surface area contributed by atoms with Crippen molar-refractivity contribution in [3.05, 3.63) is 35.9 Å². The summed E-state index contributed by atoms with van der Waals surface area (Å²) in [6.45, 7) is 0. The van der Waals surface area contributed by atoms with Crippen LogP contribution in [0.4, 0.5) is 4.79 Å². The molecule has 0 aliphatic carbocycles. The summed E-state index contributed by atoms with van der Waals surface area (Å²) in [5.74, 6) is -0.128. The predicted octanol–water partition coefficient (Wildman–Crippen LogP) is -0.211. The molecule has 1 saturated heterocycles. The van der Waals surface area contributed by atoms with Crippen LogP contribution in [0.2, 0.25) is 0 Å². The fraction of sp³-hybridized carbons (Fsp3) is 0.273. The average molecular weight is 234 g/mol. The lowest BCUT2D eigenvalue weighted by Crippen LogP contribution is -2.62. The third kappa shape index (κ3) is 2.94. The standard InChI is InChI=1S/C11H14N4O2/c12-10(17)15-11-13-8(6-9(16)14-11)7-4-2-1-3-5-7/h1-5,8,11,13H,6H2,(H,14,16)(H3,12,15,17). The summed E-state index contributed by atoms with van der Waals surface area (Å²) < 4.78 is 0. The number of primary amides is 1. The van der Waals surface area contributed by atoms with Gasteiger partial charge in [-0.1, -0.05) is 30.3 Å². The van der Waals surface area contributed by atoms with Gasteiger partial charge >= 0.3 is 6.03 Å². The summed E-state index contributed by atoms with van der Waals surface area (Å²) in [4.78, 5) is 22.2. The zero-order valence-corrected chi connectivity index (χ0v) is 9.14. The zero-order valence-electron chi connectivity index (χ0n) is 9.14. The van der Waals surface area contributed by atoms with Gasteiger partial charge in [-0.25, -0.2) is 4.79 Å². The lowest BCUT2D eigenvalue weighted by molar-refractivity contribution is -0.124. The lowest BCUT2D eigenvalue weighted by Gasteiger charge is -2.31. The van der Waals surface area contributed by atoms with E-state index in [1.165, 1.54) is 0 Å². The van der Waals surface area contributed by atoms with Crippen molar-refractivity contribution < 1.29 is 9.59 Å². The van der Waals surface area contributed by atoms with Crippen LogP contribution >= 0.6 is 0 Å². The first-order valence-corrected chi connectivity index (χ1v) is 5.31. The highest BCUT2D eigenvalue weighted by Crippen LogP contribution is 2.18.